The predicted molar refractivity (Wildman–Crippen MR) is 257 cm³/mol. The summed E-state index contributed by atoms with van der Waals surface area (Å²) in [5, 5.41) is 2.62. The second kappa shape index (κ2) is 41.5. The number of aromatic nitrogens is 1. The van der Waals surface area contributed by atoms with Gasteiger partial charge < -0.3 is 0 Å². The molecule has 0 aliphatic carbocycles. The number of pyridine rings is 1. The summed E-state index contributed by atoms with van der Waals surface area (Å²) in [6, 6.07) is 60.5. The summed E-state index contributed by atoms with van der Waals surface area (Å²) in [7, 11) is 0. The van der Waals surface area contributed by atoms with Gasteiger partial charge in [0.05, 0.1) is 0 Å². The molecule has 0 radical (unpaired) electrons. The Morgan fingerprint density at radius 1 is 0.309 bits per heavy atom. The molecule has 6 aromatic carbocycles. The van der Waals surface area contributed by atoms with Gasteiger partial charge in [-0.2, -0.15) is 0 Å². The molecule has 0 aliphatic rings. The van der Waals surface area contributed by atoms with Crippen molar-refractivity contribution in [1.29, 1.82) is 0 Å². The highest BCUT2D eigenvalue weighted by Crippen LogP contribution is 2.11. The quantitative estimate of drug-likeness (QED) is 0.172. The summed E-state index contributed by atoms with van der Waals surface area (Å²) in [6.45, 7) is 20.3. The Kier molecular flexibility index (Phi) is 44.5. The highest BCUT2D eigenvalue weighted by atomic mass is 14.6. The van der Waals surface area contributed by atoms with E-state index in [0.717, 1.165) is 6.42 Å². The minimum atomic E-state index is 0. The van der Waals surface area contributed by atoms with E-state index in [1.54, 1.807) is 6.20 Å². The van der Waals surface area contributed by atoms with E-state index in [0.29, 0.717) is 0 Å². The first-order chi connectivity index (χ1) is 25.0. The van der Waals surface area contributed by atoms with Gasteiger partial charge in [-0.3, -0.25) is 4.98 Å². The number of rotatable bonds is 2. The van der Waals surface area contributed by atoms with E-state index in [-0.39, 0.29) is 29.7 Å². The van der Waals surface area contributed by atoms with E-state index < -0.39 is 0 Å². The fourth-order valence-corrected chi connectivity index (χ4v) is 4.19. The molecule has 0 amide bonds. The van der Waals surface area contributed by atoms with E-state index in [1.807, 2.05) is 103 Å². The lowest BCUT2D eigenvalue weighted by atomic mass is 10.0. The second-order valence-corrected chi connectivity index (χ2v) is 10.8. The van der Waals surface area contributed by atoms with Crippen molar-refractivity contribution in [1.82, 2.24) is 4.98 Å². The molecule has 55 heavy (non-hydrogen) atoms. The molecule has 0 fully saturated rings. The minimum absolute atomic E-state index is 0. The van der Waals surface area contributed by atoms with Crippen LogP contribution in [0.4, 0.5) is 0 Å². The van der Waals surface area contributed by atoms with Gasteiger partial charge in [-0.1, -0.05) is 258 Å². The smallest absolute Gasteiger partial charge is 0.0297 e. The number of aryl methyl sites for hydroxylation is 4. The zero-order valence-electron chi connectivity index (χ0n) is 33.1. The van der Waals surface area contributed by atoms with Crippen molar-refractivity contribution in [2.45, 2.75) is 105 Å². The maximum Gasteiger partial charge on any atom is 0.0297 e. The predicted octanol–water partition coefficient (Wildman–Crippen LogP) is 17.4. The van der Waals surface area contributed by atoms with Crippen molar-refractivity contribution in [2.75, 3.05) is 0 Å². The zero-order valence-corrected chi connectivity index (χ0v) is 33.1. The largest absolute Gasteiger partial charge is 0.264 e. The summed E-state index contributed by atoms with van der Waals surface area (Å²) in [5.74, 6) is 0. The fourth-order valence-electron chi connectivity index (χ4n) is 4.19. The molecule has 0 N–H and O–H groups in total. The van der Waals surface area contributed by atoms with Gasteiger partial charge in [0.25, 0.3) is 0 Å². The lowest BCUT2D eigenvalue weighted by Gasteiger charge is -2.01. The van der Waals surface area contributed by atoms with Crippen LogP contribution in [0.2, 0.25) is 0 Å². The van der Waals surface area contributed by atoms with Gasteiger partial charge in [0, 0.05) is 12.4 Å². The van der Waals surface area contributed by atoms with Crippen LogP contribution in [0.5, 0.6) is 0 Å². The van der Waals surface area contributed by atoms with Crippen LogP contribution >= 0.6 is 0 Å². The third-order valence-corrected chi connectivity index (χ3v) is 6.72. The van der Waals surface area contributed by atoms with E-state index >= 15 is 0 Å². The highest BCUT2D eigenvalue weighted by Gasteiger charge is 1.94. The molecule has 0 bridgehead atoms. The average Bonchev–Trinajstić information content (AvgIpc) is 3.20. The van der Waals surface area contributed by atoms with Crippen molar-refractivity contribution in [3.8, 4) is 0 Å². The Balaban J connectivity index is -0.000000184. The molecule has 300 valence electrons. The Morgan fingerprint density at radius 3 is 0.873 bits per heavy atom. The molecule has 7 aromatic rings. The Bertz CT molecular complexity index is 1560. The summed E-state index contributed by atoms with van der Waals surface area (Å²) < 4.78 is 0. The number of hydrogen-bond acceptors (Lipinski definition) is 1. The van der Waals surface area contributed by atoms with Gasteiger partial charge in [0.1, 0.15) is 0 Å². The van der Waals surface area contributed by atoms with Crippen molar-refractivity contribution in [2.24, 2.45) is 0 Å². The molecule has 1 heterocycles. The topological polar surface area (TPSA) is 12.9 Å². The van der Waals surface area contributed by atoms with E-state index in [2.05, 4.69) is 153 Å². The van der Waals surface area contributed by atoms with Crippen molar-refractivity contribution < 1.29 is 0 Å². The van der Waals surface area contributed by atoms with Crippen LogP contribution in [0, 0.1) is 27.7 Å². The van der Waals surface area contributed by atoms with Gasteiger partial charge in [0.2, 0.25) is 0 Å². The van der Waals surface area contributed by atoms with Crippen molar-refractivity contribution in [3.63, 3.8) is 0 Å². The summed E-state index contributed by atoms with van der Waals surface area (Å²) in [4.78, 5) is 3.88. The first kappa shape index (κ1) is 59.0. The summed E-state index contributed by atoms with van der Waals surface area (Å²) in [5.41, 5.74) is 7.92. The maximum atomic E-state index is 3.88. The van der Waals surface area contributed by atoms with Gasteiger partial charge >= 0.3 is 0 Å². The number of nitrogens with zero attached hydrogens (tertiary/aromatic N) is 1. The molecule has 0 spiro atoms. The van der Waals surface area contributed by atoms with Crippen LogP contribution in [-0.2, 0) is 6.42 Å². The molecule has 1 nitrogen and oxygen atoms in total. The first-order valence-corrected chi connectivity index (χ1v) is 18.4. The van der Waals surface area contributed by atoms with E-state index in [1.165, 1.54) is 44.2 Å². The zero-order chi connectivity index (χ0) is 38.0. The van der Waals surface area contributed by atoms with Gasteiger partial charge in [0.15, 0.2) is 0 Å². The number of fused-ring (bicyclic) bond motifs is 1. The maximum absolute atomic E-state index is 3.88. The fraction of sp³-hybridized carbons (Fsp3) is 0.278. The molecule has 0 atom stereocenters. The van der Waals surface area contributed by atoms with Crippen LogP contribution in [0.3, 0.4) is 0 Å². The molecule has 0 unspecified atom stereocenters. The Morgan fingerprint density at radius 2 is 0.600 bits per heavy atom. The third-order valence-electron chi connectivity index (χ3n) is 6.72. The Hall–Kier alpha value is -5.27. The normalized spacial score (nSPS) is 8.04. The molecule has 7 rings (SSSR count). The number of benzene rings is 6. The van der Waals surface area contributed by atoms with Gasteiger partial charge in [-0.05, 0) is 67.6 Å². The molecular formula is C54H79N. The highest BCUT2D eigenvalue weighted by molar-refractivity contribution is 5.82. The SMILES string of the molecule is C.C.C.C.CC.CC.CC.Cc1ccc(Cc2ccccc2)cc1.Cc1ccccc1.Cc1ccccc1.Cc1cccnc1.c1ccc2ccccc2c1. The van der Waals surface area contributed by atoms with E-state index in [4.69, 9.17) is 0 Å². The molecule has 0 saturated heterocycles. The molecular weight excluding hydrogens is 663 g/mol. The van der Waals surface area contributed by atoms with Crippen LogP contribution in [0.25, 0.3) is 10.8 Å². The van der Waals surface area contributed by atoms with E-state index in [9.17, 15) is 0 Å². The molecule has 0 saturated carbocycles. The third kappa shape index (κ3) is 30.9. The van der Waals surface area contributed by atoms with Crippen LogP contribution in [-0.4, -0.2) is 4.98 Å². The van der Waals surface area contributed by atoms with Crippen molar-refractivity contribution >= 4 is 10.8 Å². The Labute approximate surface area is 341 Å². The molecule has 1 aromatic heterocycles. The lowest BCUT2D eigenvalue weighted by Crippen LogP contribution is -1.86. The first-order valence-electron chi connectivity index (χ1n) is 18.4. The molecule has 1 heteroatoms. The standard InChI is InChI=1S/C14H14.C10H8.2C7H8.C6H7N.3C2H6.4CH4/c1-12-7-9-14(10-8-12)11-13-5-3-2-4-6-13;1-2-6-10-8-4-3-7-9(10)5-1;2*1-7-5-3-2-4-6-7;1-6-3-2-4-7-5-6;3*1-2;;;;/h2-10H,11H2,1H3;1-8H;2*2-6H,1H3;2-5H,1H3;3*1-2H3;4*1H4. The summed E-state index contributed by atoms with van der Waals surface area (Å²) >= 11 is 0. The minimum Gasteiger partial charge on any atom is -0.264 e. The number of hydrogen-bond donors (Lipinski definition) is 0. The van der Waals surface area contributed by atoms with Crippen LogP contribution in [0.1, 0.15) is 105 Å². The van der Waals surface area contributed by atoms with Crippen LogP contribution < -0.4 is 0 Å². The van der Waals surface area contributed by atoms with Gasteiger partial charge in [-0.25, -0.2) is 0 Å². The molecule has 0 aliphatic heterocycles. The monoisotopic (exact) mass is 742 g/mol. The van der Waals surface area contributed by atoms with Crippen LogP contribution in [0.15, 0.2) is 188 Å². The lowest BCUT2D eigenvalue weighted by molar-refractivity contribution is 1.19. The summed E-state index contributed by atoms with van der Waals surface area (Å²) in [6.07, 6.45) is 4.63. The van der Waals surface area contributed by atoms with Crippen molar-refractivity contribution in [3.05, 3.63) is 222 Å². The van der Waals surface area contributed by atoms with Gasteiger partial charge in [-0.15, -0.1) is 0 Å². The average molecular weight is 742 g/mol. The second-order valence-electron chi connectivity index (χ2n) is 10.8.